The molecule has 1 saturated heterocycles. The smallest absolute Gasteiger partial charge is 0.260 e. The fourth-order valence-corrected chi connectivity index (χ4v) is 4.00. The van der Waals surface area contributed by atoms with E-state index >= 15 is 0 Å². The quantitative estimate of drug-likeness (QED) is 0.834. The van der Waals surface area contributed by atoms with E-state index in [0.717, 1.165) is 19.4 Å². The van der Waals surface area contributed by atoms with Crippen LogP contribution in [0.3, 0.4) is 0 Å². The number of nitrogens with one attached hydrogen (secondary N) is 1. The predicted molar refractivity (Wildman–Crippen MR) is 100 cm³/mol. The number of furan rings is 1. The maximum absolute atomic E-state index is 12.6. The summed E-state index contributed by atoms with van der Waals surface area (Å²) in [6, 6.07) is 1.72. The normalized spacial score (nSPS) is 20.2. The molecule has 0 saturated carbocycles. The van der Waals surface area contributed by atoms with Gasteiger partial charge in [-0.05, 0) is 31.7 Å². The number of likely N-dealkylation sites (tertiary alicyclic amines) is 1. The summed E-state index contributed by atoms with van der Waals surface area (Å²) in [4.78, 5) is 31.1. The summed E-state index contributed by atoms with van der Waals surface area (Å²) >= 11 is 1.31. The summed E-state index contributed by atoms with van der Waals surface area (Å²) in [5.74, 6) is 0.930. The lowest BCUT2D eigenvalue weighted by Gasteiger charge is -2.38. The first-order valence-corrected chi connectivity index (χ1v) is 9.65. The van der Waals surface area contributed by atoms with Gasteiger partial charge in [-0.1, -0.05) is 6.92 Å². The summed E-state index contributed by atoms with van der Waals surface area (Å²) in [5, 5.41) is 5.03. The molecule has 140 valence electrons. The zero-order chi connectivity index (χ0) is 18.7. The van der Waals surface area contributed by atoms with Crippen molar-refractivity contribution in [2.45, 2.75) is 39.2 Å². The number of amides is 2. The Labute approximate surface area is 156 Å². The molecule has 1 fully saturated rings. The molecule has 2 aromatic heterocycles. The zero-order valence-electron chi connectivity index (χ0n) is 15.0. The van der Waals surface area contributed by atoms with Crippen LogP contribution in [0.2, 0.25) is 0 Å². The number of carbonyl (C=O) groups is 2. The number of hydrogen-bond donors (Lipinski definition) is 2. The molecule has 0 bridgehead atoms. The Kier molecular flexibility index (Phi) is 5.73. The molecule has 3 rings (SSSR count). The summed E-state index contributed by atoms with van der Waals surface area (Å²) in [7, 11) is 0. The molecule has 2 aromatic rings. The number of aryl methyl sites for hydroxylation is 1. The minimum atomic E-state index is -0.267. The van der Waals surface area contributed by atoms with E-state index in [1.54, 1.807) is 18.4 Å². The summed E-state index contributed by atoms with van der Waals surface area (Å²) in [6.45, 7) is 5.16. The van der Waals surface area contributed by atoms with Gasteiger partial charge in [-0.15, -0.1) is 11.3 Å². The van der Waals surface area contributed by atoms with E-state index in [-0.39, 0.29) is 24.3 Å². The number of anilines is 1. The van der Waals surface area contributed by atoms with Gasteiger partial charge in [-0.2, -0.15) is 0 Å². The average Bonchev–Trinajstić information content (AvgIpc) is 3.23. The first kappa shape index (κ1) is 18.6. The van der Waals surface area contributed by atoms with Gasteiger partial charge < -0.3 is 15.1 Å². The minimum Gasteiger partial charge on any atom is -0.469 e. The Morgan fingerprint density at radius 1 is 1.50 bits per heavy atom. The topological polar surface area (TPSA) is 101 Å². The second kappa shape index (κ2) is 8.01. The second-order valence-corrected chi connectivity index (χ2v) is 7.63. The van der Waals surface area contributed by atoms with Crippen LogP contribution in [0, 0.1) is 12.8 Å². The summed E-state index contributed by atoms with van der Waals surface area (Å²) in [6.07, 6.45) is 3.65. The molecule has 3 N–H and O–H groups in total. The predicted octanol–water partition coefficient (Wildman–Crippen LogP) is 2.43. The molecule has 0 radical (unpaired) electrons. The second-order valence-electron chi connectivity index (χ2n) is 6.77. The lowest BCUT2D eigenvalue weighted by Crippen LogP contribution is -2.49. The molecule has 2 unspecified atom stereocenters. The van der Waals surface area contributed by atoms with Crippen molar-refractivity contribution in [1.82, 2.24) is 9.88 Å². The van der Waals surface area contributed by atoms with Crippen LogP contribution in [0.1, 0.15) is 41.6 Å². The van der Waals surface area contributed by atoms with Gasteiger partial charge in [0.25, 0.3) is 5.91 Å². The Morgan fingerprint density at radius 2 is 2.31 bits per heavy atom. The molecule has 2 atom stereocenters. The molecule has 8 heteroatoms. The van der Waals surface area contributed by atoms with Gasteiger partial charge in [0.1, 0.15) is 5.76 Å². The molecule has 3 heterocycles. The number of thiazole rings is 1. The van der Waals surface area contributed by atoms with E-state index < -0.39 is 0 Å². The van der Waals surface area contributed by atoms with Crippen molar-refractivity contribution >= 4 is 28.3 Å². The minimum absolute atomic E-state index is 0.0428. The Balaban J connectivity index is 1.60. The van der Waals surface area contributed by atoms with E-state index in [9.17, 15) is 9.59 Å². The highest BCUT2D eigenvalue weighted by Crippen LogP contribution is 2.24. The Morgan fingerprint density at radius 3 is 3.00 bits per heavy atom. The maximum atomic E-state index is 12.6. The van der Waals surface area contributed by atoms with E-state index in [0.29, 0.717) is 34.6 Å². The van der Waals surface area contributed by atoms with Crippen LogP contribution >= 0.6 is 11.3 Å². The molecular formula is C18H24N4O3S. The highest BCUT2D eigenvalue weighted by Gasteiger charge is 2.29. The van der Waals surface area contributed by atoms with Crippen molar-refractivity contribution < 1.29 is 14.0 Å². The molecule has 2 amide bonds. The molecule has 0 aromatic carbocycles. The molecular weight excluding hydrogens is 352 g/mol. The van der Waals surface area contributed by atoms with Gasteiger partial charge in [-0.3, -0.25) is 14.9 Å². The van der Waals surface area contributed by atoms with Crippen molar-refractivity contribution in [2.24, 2.45) is 11.7 Å². The van der Waals surface area contributed by atoms with Gasteiger partial charge >= 0.3 is 0 Å². The number of hydrogen-bond acceptors (Lipinski definition) is 6. The van der Waals surface area contributed by atoms with E-state index in [2.05, 4.69) is 17.2 Å². The van der Waals surface area contributed by atoms with E-state index in [1.165, 1.54) is 17.6 Å². The van der Waals surface area contributed by atoms with Crippen LogP contribution in [0.15, 0.2) is 22.1 Å². The fraction of sp³-hybridized carbons (Fsp3) is 0.500. The average molecular weight is 376 g/mol. The third-order valence-electron chi connectivity index (χ3n) is 4.78. The van der Waals surface area contributed by atoms with Gasteiger partial charge in [0.2, 0.25) is 5.91 Å². The highest BCUT2D eigenvalue weighted by atomic mass is 32.1. The fourth-order valence-electron chi connectivity index (χ4n) is 3.29. The first-order chi connectivity index (χ1) is 12.5. The van der Waals surface area contributed by atoms with Crippen molar-refractivity contribution in [3.05, 3.63) is 34.7 Å². The van der Waals surface area contributed by atoms with Crippen LogP contribution in [-0.4, -0.2) is 40.8 Å². The lowest BCUT2D eigenvalue weighted by molar-refractivity contribution is -0.134. The van der Waals surface area contributed by atoms with E-state index in [1.807, 2.05) is 4.90 Å². The maximum Gasteiger partial charge on any atom is 0.260 e. The molecule has 0 aliphatic carbocycles. The monoisotopic (exact) mass is 376 g/mol. The van der Waals surface area contributed by atoms with Crippen molar-refractivity contribution in [3.8, 4) is 0 Å². The lowest BCUT2D eigenvalue weighted by atomic mass is 9.92. The SMILES string of the molecule is Cc1occc1C(=O)Nc1nc(CC(=O)N2CCC(C)CC2CN)cs1. The Hall–Kier alpha value is -2.19. The Bertz CT molecular complexity index is 785. The van der Waals surface area contributed by atoms with Crippen molar-refractivity contribution in [3.63, 3.8) is 0 Å². The van der Waals surface area contributed by atoms with Gasteiger partial charge in [0.15, 0.2) is 5.13 Å². The number of nitrogens with zero attached hydrogens (tertiary/aromatic N) is 2. The number of nitrogens with two attached hydrogens (primary N) is 1. The number of rotatable bonds is 5. The molecule has 7 nitrogen and oxygen atoms in total. The van der Waals surface area contributed by atoms with Crippen molar-refractivity contribution in [1.29, 1.82) is 0 Å². The van der Waals surface area contributed by atoms with Crippen LogP contribution in [0.5, 0.6) is 0 Å². The van der Waals surface area contributed by atoms with Crippen LogP contribution < -0.4 is 11.1 Å². The van der Waals surface area contributed by atoms with Gasteiger partial charge in [0.05, 0.1) is 23.9 Å². The summed E-state index contributed by atoms with van der Waals surface area (Å²) < 4.78 is 5.14. The van der Waals surface area contributed by atoms with Crippen LogP contribution in [0.4, 0.5) is 5.13 Å². The number of piperidine rings is 1. The largest absolute Gasteiger partial charge is 0.469 e. The number of carbonyl (C=O) groups excluding carboxylic acids is 2. The first-order valence-electron chi connectivity index (χ1n) is 8.77. The van der Waals surface area contributed by atoms with E-state index in [4.69, 9.17) is 10.2 Å². The third-order valence-corrected chi connectivity index (χ3v) is 5.58. The molecule has 1 aliphatic heterocycles. The van der Waals surface area contributed by atoms with Crippen LogP contribution in [-0.2, 0) is 11.2 Å². The highest BCUT2D eigenvalue weighted by molar-refractivity contribution is 7.14. The standard InChI is InChI=1S/C18H24N4O3S/c1-11-3-5-22(14(7-11)9-19)16(23)8-13-10-26-18(20-13)21-17(24)15-4-6-25-12(15)2/h4,6,10-11,14H,3,5,7-9,19H2,1-2H3,(H,20,21,24). The zero-order valence-corrected chi connectivity index (χ0v) is 15.8. The molecule has 26 heavy (non-hydrogen) atoms. The van der Waals surface area contributed by atoms with Crippen LogP contribution in [0.25, 0.3) is 0 Å². The third kappa shape index (κ3) is 4.13. The molecule has 1 aliphatic rings. The summed E-state index contributed by atoms with van der Waals surface area (Å²) in [5.41, 5.74) is 6.98. The van der Waals surface area contributed by atoms with Crippen molar-refractivity contribution in [2.75, 3.05) is 18.4 Å². The number of aromatic nitrogens is 1. The molecule has 0 spiro atoms. The van der Waals surface area contributed by atoms with Gasteiger partial charge in [0, 0.05) is 24.5 Å². The van der Waals surface area contributed by atoms with Gasteiger partial charge in [-0.25, -0.2) is 4.98 Å².